The van der Waals surface area contributed by atoms with Gasteiger partial charge >= 0.3 is 5.82 Å². The van der Waals surface area contributed by atoms with Crippen LogP contribution in [0.15, 0.2) is 48.8 Å². The number of fused-ring (bicyclic) bond motifs is 5. The number of rotatable bonds is 3. The molecule has 0 bridgehead atoms. The largest absolute Gasteiger partial charge is 0.493 e. The molecule has 0 fully saturated rings. The van der Waals surface area contributed by atoms with Gasteiger partial charge in [-0.15, -0.1) is 0 Å². The molecule has 0 radical (unpaired) electrons. The molecule has 2 heterocycles. The predicted octanol–water partition coefficient (Wildman–Crippen LogP) is 2.22. The summed E-state index contributed by atoms with van der Waals surface area (Å²) in [6, 6.07) is 14.4. The van der Waals surface area contributed by atoms with E-state index in [0.717, 1.165) is 17.9 Å². The van der Waals surface area contributed by atoms with E-state index in [1.807, 2.05) is 29.2 Å². The van der Waals surface area contributed by atoms with Crippen molar-refractivity contribution >= 4 is 0 Å². The maximum absolute atomic E-state index is 6.11. The second kappa shape index (κ2) is 5.85. The molecule has 6 heteroatoms. The van der Waals surface area contributed by atoms with E-state index in [4.69, 9.17) is 19.3 Å². The van der Waals surface area contributed by atoms with Gasteiger partial charge < -0.3 is 14.2 Å². The van der Waals surface area contributed by atoms with E-state index >= 15 is 0 Å². The van der Waals surface area contributed by atoms with Gasteiger partial charge in [-0.05, 0) is 23.3 Å². The Hall–Kier alpha value is -2.86. The lowest BCUT2D eigenvalue weighted by Gasteiger charge is -2.23. The number of hydrogen-bond acceptors (Lipinski definition) is 4. The zero-order chi connectivity index (χ0) is 17.7. The molecule has 5 rings (SSSR count). The van der Waals surface area contributed by atoms with Crippen LogP contribution in [0.3, 0.4) is 0 Å². The number of para-hydroxylation sites is 1. The van der Waals surface area contributed by atoms with E-state index in [1.165, 1.54) is 11.1 Å². The Kier molecular flexibility index (Phi) is 3.46. The predicted molar refractivity (Wildman–Crippen MR) is 93.7 cm³/mol. The molecule has 2 unspecified atom stereocenters. The Balaban J connectivity index is 1.66. The Morgan fingerprint density at radius 1 is 1.08 bits per heavy atom. The first-order chi connectivity index (χ1) is 12.8. The molecular formula is C20H20N3O3+. The molecule has 2 aliphatic rings. The second-order valence-corrected chi connectivity index (χ2v) is 6.59. The molecule has 0 saturated carbocycles. The topological polar surface area (TPSA) is 49.4 Å². The van der Waals surface area contributed by atoms with Crippen LogP contribution in [0.2, 0.25) is 0 Å². The minimum absolute atomic E-state index is 0.155. The molecule has 1 aliphatic heterocycles. The van der Waals surface area contributed by atoms with E-state index < -0.39 is 0 Å². The zero-order valence-corrected chi connectivity index (χ0v) is 14.8. The van der Waals surface area contributed by atoms with Crippen molar-refractivity contribution in [3.63, 3.8) is 0 Å². The first-order valence-corrected chi connectivity index (χ1v) is 8.70. The molecule has 1 aromatic heterocycles. The van der Waals surface area contributed by atoms with E-state index in [1.54, 1.807) is 14.2 Å². The molecule has 3 aromatic rings. The zero-order valence-electron chi connectivity index (χ0n) is 14.8. The van der Waals surface area contributed by atoms with Crippen molar-refractivity contribution in [1.29, 1.82) is 0 Å². The third-order valence-corrected chi connectivity index (χ3v) is 5.26. The molecule has 2 aromatic carbocycles. The summed E-state index contributed by atoms with van der Waals surface area (Å²) in [4.78, 5) is 0. The van der Waals surface area contributed by atoms with Crippen LogP contribution in [-0.4, -0.2) is 30.1 Å². The first-order valence-electron chi connectivity index (χ1n) is 8.70. The van der Waals surface area contributed by atoms with Crippen molar-refractivity contribution in [2.24, 2.45) is 0 Å². The highest BCUT2D eigenvalue weighted by Crippen LogP contribution is 2.37. The van der Waals surface area contributed by atoms with E-state index in [9.17, 15) is 0 Å². The van der Waals surface area contributed by atoms with Gasteiger partial charge in [0.1, 0.15) is 18.8 Å². The summed E-state index contributed by atoms with van der Waals surface area (Å²) in [6.07, 6.45) is 3.12. The maximum Gasteiger partial charge on any atom is 0.304 e. The first kappa shape index (κ1) is 15.4. The van der Waals surface area contributed by atoms with Crippen molar-refractivity contribution in [3.8, 4) is 17.2 Å². The highest BCUT2D eigenvalue weighted by molar-refractivity contribution is 5.56. The summed E-state index contributed by atoms with van der Waals surface area (Å²) in [5.41, 5.74) is 3.46. The van der Waals surface area contributed by atoms with Gasteiger partial charge in [0.2, 0.25) is 12.0 Å². The highest BCUT2D eigenvalue weighted by Gasteiger charge is 2.43. The Morgan fingerprint density at radius 3 is 2.62 bits per heavy atom. The van der Waals surface area contributed by atoms with Crippen LogP contribution in [0.25, 0.3) is 5.69 Å². The average molecular weight is 350 g/mol. The average Bonchev–Trinajstić information content (AvgIpc) is 3.27. The highest BCUT2D eigenvalue weighted by atomic mass is 16.5. The van der Waals surface area contributed by atoms with Gasteiger partial charge in [-0.25, -0.2) is 4.57 Å². The number of nitrogens with zero attached hydrogens (tertiary/aromatic N) is 3. The second-order valence-electron chi connectivity index (χ2n) is 6.59. The molecule has 0 saturated heterocycles. The van der Waals surface area contributed by atoms with Crippen LogP contribution in [-0.2, 0) is 17.8 Å². The quantitative estimate of drug-likeness (QED) is 0.680. The van der Waals surface area contributed by atoms with E-state index in [2.05, 4.69) is 28.8 Å². The minimum Gasteiger partial charge on any atom is -0.493 e. The fourth-order valence-corrected chi connectivity index (χ4v) is 4.09. The molecule has 1 aliphatic carbocycles. The smallest absolute Gasteiger partial charge is 0.304 e. The van der Waals surface area contributed by atoms with Gasteiger partial charge in [0.05, 0.1) is 14.2 Å². The maximum atomic E-state index is 6.11. The van der Waals surface area contributed by atoms with Gasteiger partial charge in [-0.2, -0.15) is 0 Å². The van der Waals surface area contributed by atoms with Gasteiger partial charge in [0.25, 0.3) is 0 Å². The monoisotopic (exact) mass is 350 g/mol. The SMILES string of the molecule is COc1cccc(OC)c1-n1c[n+]2c(n1)COC1Cc3ccccc3C12. The number of benzene rings is 2. The minimum atomic E-state index is 0.155. The van der Waals surface area contributed by atoms with Crippen molar-refractivity contribution in [2.45, 2.75) is 25.2 Å². The summed E-state index contributed by atoms with van der Waals surface area (Å²) < 4.78 is 21.2. The number of hydrogen-bond donors (Lipinski definition) is 0. The van der Waals surface area contributed by atoms with Crippen LogP contribution in [0.4, 0.5) is 0 Å². The molecular weight excluding hydrogens is 330 g/mol. The number of ether oxygens (including phenoxy) is 3. The van der Waals surface area contributed by atoms with Crippen molar-refractivity contribution < 1.29 is 18.8 Å². The van der Waals surface area contributed by atoms with Crippen LogP contribution in [0.5, 0.6) is 11.5 Å². The molecule has 6 nitrogen and oxygen atoms in total. The molecule has 132 valence electrons. The summed E-state index contributed by atoms with van der Waals surface area (Å²) in [7, 11) is 3.31. The van der Waals surface area contributed by atoms with Crippen LogP contribution in [0, 0.1) is 0 Å². The van der Waals surface area contributed by atoms with Gasteiger partial charge in [0, 0.05) is 11.5 Å². The van der Waals surface area contributed by atoms with Crippen molar-refractivity contribution in [1.82, 2.24) is 9.78 Å². The van der Waals surface area contributed by atoms with Gasteiger partial charge in [0.15, 0.2) is 11.5 Å². The fraction of sp³-hybridized carbons (Fsp3) is 0.300. The standard InChI is InChI=1S/C20H20N3O3/c1-24-15-8-5-9-16(25-2)20(15)23-12-22-18(21-23)11-26-17-10-13-6-3-4-7-14(13)19(17)22/h3-9,12,17,19H,10-11H2,1-2H3/q+1. The Morgan fingerprint density at radius 2 is 1.85 bits per heavy atom. The lowest BCUT2D eigenvalue weighted by atomic mass is 10.1. The molecule has 0 spiro atoms. The van der Waals surface area contributed by atoms with Crippen molar-refractivity contribution in [3.05, 3.63) is 65.7 Å². The number of aromatic nitrogens is 3. The fourth-order valence-electron chi connectivity index (χ4n) is 4.09. The van der Waals surface area contributed by atoms with E-state index in [0.29, 0.717) is 18.1 Å². The van der Waals surface area contributed by atoms with E-state index in [-0.39, 0.29) is 12.1 Å². The molecule has 26 heavy (non-hydrogen) atoms. The Labute approximate surface area is 151 Å². The van der Waals surface area contributed by atoms with Crippen LogP contribution >= 0.6 is 0 Å². The normalized spacial score (nSPS) is 20.2. The summed E-state index contributed by atoms with van der Waals surface area (Å²) in [5, 5.41) is 4.77. The third kappa shape index (κ3) is 2.15. The molecule has 0 N–H and O–H groups in total. The summed E-state index contributed by atoms with van der Waals surface area (Å²) in [6.45, 7) is 0.500. The lowest BCUT2D eigenvalue weighted by Crippen LogP contribution is -2.51. The summed E-state index contributed by atoms with van der Waals surface area (Å²) >= 11 is 0. The third-order valence-electron chi connectivity index (χ3n) is 5.26. The molecule has 0 amide bonds. The molecule has 2 atom stereocenters. The number of methoxy groups -OCH3 is 2. The Bertz CT molecular complexity index is 960. The van der Waals surface area contributed by atoms with Gasteiger partial charge in [-0.3, -0.25) is 0 Å². The van der Waals surface area contributed by atoms with Crippen LogP contribution in [0.1, 0.15) is 23.0 Å². The van der Waals surface area contributed by atoms with Gasteiger partial charge in [-0.1, -0.05) is 35.0 Å². The van der Waals surface area contributed by atoms with Crippen molar-refractivity contribution in [2.75, 3.05) is 14.2 Å². The lowest BCUT2D eigenvalue weighted by molar-refractivity contribution is -0.739. The van der Waals surface area contributed by atoms with Crippen LogP contribution < -0.4 is 14.0 Å². The summed E-state index contributed by atoms with van der Waals surface area (Å²) in [5.74, 6) is 2.33.